The molecule has 0 saturated carbocycles. The summed E-state index contributed by atoms with van der Waals surface area (Å²) in [6.07, 6.45) is 0.741. The van der Waals surface area contributed by atoms with Crippen LogP contribution in [0.2, 0.25) is 0 Å². The maximum Gasteiger partial charge on any atom is 0.250 e. The molecule has 0 N–H and O–H groups in total. The van der Waals surface area contributed by atoms with E-state index in [1.165, 1.54) is 17.3 Å². The molecule has 0 spiro atoms. The first-order chi connectivity index (χ1) is 11.7. The Morgan fingerprint density at radius 3 is 2.68 bits per heavy atom. The van der Waals surface area contributed by atoms with Crippen molar-refractivity contribution in [2.45, 2.75) is 45.4 Å². The molecule has 1 aromatic rings. The normalized spacial score (nSPS) is 27.5. The Morgan fingerprint density at radius 1 is 1.32 bits per heavy atom. The van der Waals surface area contributed by atoms with Gasteiger partial charge in [-0.1, -0.05) is 31.7 Å². The fraction of sp³-hybridized carbons (Fsp3) is 0.556. The van der Waals surface area contributed by atoms with E-state index in [0.29, 0.717) is 5.17 Å². The van der Waals surface area contributed by atoms with Gasteiger partial charge in [0.15, 0.2) is 15.0 Å². The quantitative estimate of drug-likeness (QED) is 0.806. The maximum absolute atomic E-state index is 12.3. The highest BCUT2D eigenvalue weighted by atomic mass is 32.2. The van der Waals surface area contributed by atoms with Gasteiger partial charge in [0.25, 0.3) is 5.91 Å². The van der Waals surface area contributed by atoms with E-state index in [4.69, 9.17) is 0 Å². The summed E-state index contributed by atoms with van der Waals surface area (Å²) >= 11 is 1.43. The number of fused-ring (bicyclic) bond motifs is 1. The standard InChI is InChI=1S/C18H24N2O3S2/c1-5-11(2)17(21)19-18-20(14-7-6-12(3)13(4)8-14)15-9-25(22,23)10-16(15)24-18/h6-8,11,15-16H,5,9-10H2,1-4H3/t11-,15-,16+/m1/s1. The summed E-state index contributed by atoms with van der Waals surface area (Å²) in [5.74, 6) is 0.00879. The van der Waals surface area contributed by atoms with Gasteiger partial charge in [0, 0.05) is 16.9 Å². The number of hydrogen-bond acceptors (Lipinski definition) is 4. The number of amides is 1. The van der Waals surface area contributed by atoms with Crippen molar-refractivity contribution in [2.75, 3.05) is 16.4 Å². The van der Waals surface area contributed by atoms with E-state index in [9.17, 15) is 13.2 Å². The highest BCUT2D eigenvalue weighted by molar-refractivity contribution is 8.16. The molecule has 0 aliphatic carbocycles. The van der Waals surface area contributed by atoms with Gasteiger partial charge < -0.3 is 4.90 Å². The van der Waals surface area contributed by atoms with Crippen LogP contribution < -0.4 is 4.90 Å². The molecule has 3 atom stereocenters. The molecule has 2 heterocycles. The minimum absolute atomic E-state index is 0.0601. The first kappa shape index (κ1) is 18.5. The number of rotatable bonds is 3. The molecule has 0 unspecified atom stereocenters. The molecule has 0 radical (unpaired) electrons. The summed E-state index contributed by atoms with van der Waals surface area (Å²) in [4.78, 5) is 18.7. The second-order valence-corrected chi connectivity index (χ2v) is 10.3. The van der Waals surface area contributed by atoms with Crippen LogP contribution in [0.3, 0.4) is 0 Å². The summed E-state index contributed by atoms with van der Waals surface area (Å²) in [6, 6.07) is 5.91. The number of thioether (sulfide) groups is 1. The van der Waals surface area contributed by atoms with Crippen LogP contribution in [-0.2, 0) is 14.6 Å². The van der Waals surface area contributed by atoms with Crippen molar-refractivity contribution in [3.63, 3.8) is 0 Å². The van der Waals surface area contributed by atoms with E-state index in [2.05, 4.69) is 4.99 Å². The average Bonchev–Trinajstić information content (AvgIpc) is 3.00. The molecule has 2 saturated heterocycles. The third-order valence-corrected chi connectivity index (χ3v) is 8.28. The van der Waals surface area contributed by atoms with Gasteiger partial charge in [-0.05, 0) is 43.5 Å². The predicted molar refractivity (Wildman–Crippen MR) is 104 cm³/mol. The Morgan fingerprint density at radius 2 is 2.04 bits per heavy atom. The molecule has 2 fully saturated rings. The second kappa shape index (κ2) is 6.76. The highest BCUT2D eigenvalue weighted by Crippen LogP contribution is 2.41. The Hall–Kier alpha value is -1.34. The van der Waals surface area contributed by atoms with Gasteiger partial charge in [-0.2, -0.15) is 4.99 Å². The number of hydrogen-bond donors (Lipinski definition) is 0. The van der Waals surface area contributed by atoms with Crippen molar-refractivity contribution in [3.8, 4) is 0 Å². The Labute approximate surface area is 153 Å². The van der Waals surface area contributed by atoms with Crippen molar-refractivity contribution in [1.82, 2.24) is 0 Å². The topological polar surface area (TPSA) is 66.8 Å². The predicted octanol–water partition coefficient (Wildman–Crippen LogP) is 2.95. The van der Waals surface area contributed by atoms with E-state index in [-0.39, 0.29) is 34.6 Å². The van der Waals surface area contributed by atoms with Crippen molar-refractivity contribution < 1.29 is 13.2 Å². The van der Waals surface area contributed by atoms with Gasteiger partial charge in [-0.3, -0.25) is 4.79 Å². The lowest BCUT2D eigenvalue weighted by Gasteiger charge is -2.25. The number of benzene rings is 1. The average molecular weight is 381 g/mol. The van der Waals surface area contributed by atoms with E-state index in [1.54, 1.807) is 0 Å². The van der Waals surface area contributed by atoms with Crippen LogP contribution in [0.25, 0.3) is 0 Å². The number of nitrogens with zero attached hydrogens (tertiary/aromatic N) is 2. The number of sulfone groups is 1. The van der Waals surface area contributed by atoms with E-state index in [1.807, 2.05) is 50.8 Å². The summed E-state index contributed by atoms with van der Waals surface area (Å²) in [5, 5.41) is 0.577. The maximum atomic E-state index is 12.3. The lowest BCUT2D eigenvalue weighted by Crippen LogP contribution is -2.38. The van der Waals surface area contributed by atoms with Crippen LogP contribution in [-0.4, -0.2) is 42.3 Å². The largest absolute Gasteiger partial charge is 0.316 e. The van der Waals surface area contributed by atoms with Crippen LogP contribution in [0, 0.1) is 19.8 Å². The molecule has 25 heavy (non-hydrogen) atoms. The number of carbonyl (C=O) groups excluding carboxylic acids is 1. The zero-order valence-corrected chi connectivity index (χ0v) is 16.7. The Kier molecular flexibility index (Phi) is 4.99. The number of amidine groups is 1. The van der Waals surface area contributed by atoms with Gasteiger partial charge in [0.2, 0.25) is 0 Å². The fourth-order valence-electron chi connectivity index (χ4n) is 3.12. The minimum atomic E-state index is -3.04. The summed E-state index contributed by atoms with van der Waals surface area (Å²) < 4.78 is 24.2. The minimum Gasteiger partial charge on any atom is -0.316 e. The fourth-order valence-corrected chi connectivity index (χ4v) is 7.04. The third kappa shape index (κ3) is 3.62. The first-order valence-corrected chi connectivity index (χ1v) is 11.3. The van der Waals surface area contributed by atoms with Crippen LogP contribution in [0.15, 0.2) is 23.2 Å². The van der Waals surface area contributed by atoms with E-state index in [0.717, 1.165) is 17.7 Å². The summed E-state index contributed by atoms with van der Waals surface area (Å²) in [5.41, 5.74) is 3.23. The molecular formula is C18H24N2O3S2. The Bertz CT molecular complexity index is 833. The van der Waals surface area contributed by atoms with Crippen LogP contribution in [0.4, 0.5) is 5.69 Å². The Balaban J connectivity index is 2.02. The second-order valence-electron chi connectivity index (χ2n) is 6.98. The van der Waals surface area contributed by atoms with Gasteiger partial charge in [-0.25, -0.2) is 8.42 Å². The van der Waals surface area contributed by atoms with Gasteiger partial charge in [-0.15, -0.1) is 0 Å². The molecule has 1 amide bonds. The van der Waals surface area contributed by atoms with Crippen LogP contribution in [0.5, 0.6) is 0 Å². The number of aryl methyl sites for hydroxylation is 2. The zero-order valence-electron chi connectivity index (χ0n) is 15.0. The molecule has 136 valence electrons. The number of carbonyl (C=O) groups is 1. The lowest BCUT2D eigenvalue weighted by atomic mass is 10.1. The van der Waals surface area contributed by atoms with Crippen LogP contribution in [0.1, 0.15) is 31.4 Å². The van der Waals surface area contributed by atoms with Crippen molar-refractivity contribution >= 4 is 38.4 Å². The lowest BCUT2D eigenvalue weighted by molar-refractivity contribution is -0.121. The number of anilines is 1. The molecule has 3 rings (SSSR count). The van der Waals surface area contributed by atoms with Gasteiger partial charge in [0.05, 0.1) is 17.5 Å². The van der Waals surface area contributed by atoms with Gasteiger partial charge >= 0.3 is 0 Å². The molecule has 2 aliphatic heterocycles. The smallest absolute Gasteiger partial charge is 0.250 e. The first-order valence-electron chi connectivity index (χ1n) is 8.58. The van der Waals surface area contributed by atoms with Crippen molar-refractivity contribution in [2.24, 2.45) is 10.9 Å². The third-order valence-electron chi connectivity index (χ3n) is 5.08. The SMILES string of the molecule is CC[C@@H](C)C(=O)N=C1S[C@H]2CS(=O)(=O)C[C@H]2N1c1ccc(C)c(C)c1. The molecule has 0 aromatic heterocycles. The van der Waals surface area contributed by atoms with Crippen molar-refractivity contribution in [1.29, 1.82) is 0 Å². The van der Waals surface area contributed by atoms with Crippen LogP contribution >= 0.6 is 11.8 Å². The zero-order chi connectivity index (χ0) is 18.4. The van der Waals surface area contributed by atoms with Gasteiger partial charge in [0.1, 0.15) is 0 Å². The summed E-state index contributed by atoms with van der Waals surface area (Å²) in [7, 11) is -3.04. The molecule has 5 nitrogen and oxygen atoms in total. The molecular weight excluding hydrogens is 356 g/mol. The number of aliphatic imine (C=N–C) groups is 1. The highest BCUT2D eigenvalue weighted by Gasteiger charge is 2.49. The molecule has 1 aromatic carbocycles. The van der Waals surface area contributed by atoms with E-state index >= 15 is 0 Å². The monoisotopic (exact) mass is 380 g/mol. The summed E-state index contributed by atoms with van der Waals surface area (Å²) in [6.45, 7) is 7.92. The van der Waals surface area contributed by atoms with Crippen molar-refractivity contribution in [3.05, 3.63) is 29.3 Å². The molecule has 7 heteroatoms. The molecule has 2 aliphatic rings. The molecule has 0 bridgehead atoms. The van der Waals surface area contributed by atoms with E-state index < -0.39 is 9.84 Å².